The first-order valence-electron chi connectivity index (χ1n) is 9.09. The molecule has 2 aromatic carbocycles. The van der Waals surface area contributed by atoms with Crippen LogP contribution in [0.4, 0.5) is 5.69 Å². The second-order valence-corrected chi connectivity index (χ2v) is 8.51. The van der Waals surface area contributed by atoms with E-state index in [1.54, 1.807) is 0 Å². The molecule has 0 aliphatic rings. The molecule has 0 saturated carbocycles. The van der Waals surface area contributed by atoms with Gasteiger partial charge in [0.25, 0.3) is 0 Å². The fourth-order valence-electron chi connectivity index (χ4n) is 3.08. The molecule has 1 aromatic heterocycles. The zero-order valence-corrected chi connectivity index (χ0v) is 18.8. The molecule has 0 saturated heterocycles. The highest BCUT2D eigenvalue weighted by molar-refractivity contribution is 9.10. The van der Waals surface area contributed by atoms with Gasteiger partial charge in [-0.1, -0.05) is 46.7 Å². The van der Waals surface area contributed by atoms with Crippen LogP contribution in [0.15, 0.2) is 46.0 Å². The van der Waals surface area contributed by atoms with E-state index in [1.807, 2.05) is 42.7 Å². The number of anilines is 1. The summed E-state index contributed by atoms with van der Waals surface area (Å²) < 4.78 is 3.00. The Hall–Kier alpha value is -2.12. The number of halogens is 1. The molecule has 146 valence electrons. The molecule has 1 amide bonds. The Bertz CT molecular complexity index is 1020. The van der Waals surface area contributed by atoms with Crippen molar-refractivity contribution in [3.63, 3.8) is 0 Å². The molecule has 0 radical (unpaired) electrons. The molecule has 0 atom stereocenters. The first kappa shape index (κ1) is 20.6. The quantitative estimate of drug-likeness (QED) is 0.512. The van der Waals surface area contributed by atoms with E-state index < -0.39 is 0 Å². The highest BCUT2D eigenvalue weighted by Gasteiger charge is 2.15. The number of aryl methyl sites for hydroxylation is 4. The fraction of sp³-hybridized carbons (Fsp3) is 0.286. The van der Waals surface area contributed by atoms with Crippen molar-refractivity contribution in [2.45, 2.75) is 39.3 Å². The van der Waals surface area contributed by atoms with Gasteiger partial charge in [-0.05, 0) is 68.1 Å². The minimum absolute atomic E-state index is 0.0541. The van der Waals surface area contributed by atoms with Crippen LogP contribution in [0.2, 0.25) is 0 Å². The van der Waals surface area contributed by atoms with Gasteiger partial charge in [0.05, 0.1) is 5.75 Å². The molecule has 0 bridgehead atoms. The van der Waals surface area contributed by atoms with Crippen LogP contribution in [0.5, 0.6) is 0 Å². The maximum atomic E-state index is 12.6. The first-order chi connectivity index (χ1) is 13.4. The van der Waals surface area contributed by atoms with Gasteiger partial charge in [0, 0.05) is 15.8 Å². The van der Waals surface area contributed by atoms with Gasteiger partial charge in [0.2, 0.25) is 5.91 Å². The smallest absolute Gasteiger partial charge is 0.234 e. The van der Waals surface area contributed by atoms with Crippen molar-refractivity contribution >= 4 is 39.3 Å². The zero-order valence-electron chi connectivity index (χ0n) is 16.4. The van der Waals surface area contributed by atoms with Gasteiger partial charge in [-0.2, -0.15) is 0 Å². The Morgan fingerprint density at radius 1 is 1.18 bits per heavy atom. The number of nitrogens with one attached hydrogen (secondary N) is 1. The van der Waals surface area contributed by atoms with Crippen LogP contribution in [-0.4, -0.2) is 26.4 Å². The molecule has 0 aliphatic carbocycles. The summed E-state index contributed by atoms with van der Waals surface area (Å²) in [6.45, 7) is 8.05. The van der Waals surface area contributed by atoms with Gasteiger partial charge in [0.1, 0.15) is 5.82 Å². The molecule has 0 aliphatic heterocycles. The first-order valence-corrected chi connectivity index (χ1v) is 10.9. The maximum Gasteiger partial charge on any atom is 0.234 e. The van der Waals surface area contributed by atoms with Crippen molar-refractivity contribution < 1.29 is 4.79 Å². The van der Waals surface area contributed by atoms with E-state index in [0.29, 0.717) is 5.16 Å². The number of carbonyl (C=O) groups is 1. The SMILES string of the molecule is CCc1cc(Br)cc(C)c1NC(=O)CSc1nnc(C)n1-c1cccc(C)c1. The Morgan fingerprint density at radius 3 is 2.68 bits per heavy atom. The van der Waals surface area contributed by atoms with Crippen LogP contribution in [0, 0.1) is 20.8 Å². The fourth-order valence-corrected chi connectivity index (χ4v) is 4.49. The number of thioether (sulfide) groups is 1. The molecule has 3 rings (SSSR count). The lowest BCUT2D eigenvalue weighted by Gasteiger charge is -2.14. The van der Waals surface area contributed by atoms with Crippen LogP contribution < -0.4 is 5.32 Å². The number of rotatable bonds is 6. The van der Waals surface area contributed by atoms with E-state index in [4.69, 9.17) is 0 Å². The standard InChI is InChI=1S/C21H23BrN4OS/c1-5-16-11-17(22)10-14(3)20(16)23-19(27)12-28-21-25-24-15(4)26(21)18-8-6-7-13(2)9-18/h6-11H,5,12H2,1-4H3,(H,23,27). The van der Waals surface area contributed by atoms with Crippen molar-refractivity contribution in [3.05, 3.63) is 63.4 Å². The number of benzene rings is 2. The molecular weight excluding hydrogens is 436 g/mol. The molecule has 1 N–H and O–H groups in total. The van der Waals surface area contributed by atoms with Crippen LogP contribution in [-0.2, 0) is 11.2 Å². The van der Waals surface area contributed by atoms with Gasteiger partial charge in [-0.3, -0.25) is 9.36 Å². The molecule has 5 nitrogen and oxygen atoms in total. The molecule has 0 fully saturated rings. The van der Waals surface area contributed by atoms with Crippen molar-refractivity contribution in [1.82, 2.24) is 14.8 Å². The predicted octanol–water partition coefficient (Wildman–Crippen LogP) is 5.25. The Balaban J connectivity index is 1.75. The number of carbonyl (C=O) groups excluding carboxylic acids is 1. The van der Waals surface area contributed by atoms with Gasteiger partial charge in [-0.25, -0.2) is 0 Å². The monoisotopic (exact) mass is 458 g/mol. The van der Waals surface area contributed by atoms with Gasteiger partial charge in [-0.15, -0.1) is 10.2 Å². The third-order valence-corrected chi connectivity index (χ3v) is 5.80. The Labute approximate surface area is 178 Å². The van der Waals surface area contributed by atoms with E-state index in [-0.39, 0.29) is 11.7 Å². The number of nitrogens with zero attached hydrogens (tertiary/aromatic N) is 3. The van der Waals surface area contributed by atoms with Crippen LogP contribution >= 0.6 is 27.7 Å². The summed E-state index contributed by atoms with van der Waals surface area (Å²) in [7, 11) is 0. The summed E-state index contributed by atoms with van der Waals surface area (Å²) in [5.74, 6) is 1.01. The maximum absolute atomic E-state index is 12.6. The normalized spacial score (nSPS) is 10.9. The molecule has 3 aromatic rings. The Kier molecular flexibility index (Phi) is 6.57. The van der Waals surface area contributed by atoms with Crippen LogP contribution in [0.1, 0.15) is 29.4 Å². The highest BCUT2D eigenvalue weighted by atomic mass is 79.9. The molecule has 0 spiro atoms. The summed E-state index contributed by atoms with van der Waals surface area (Å²) in [6, 6.07) is 12.2. The minimum Gasteiger partial charge on any atom is -0.325 e. The lowest BCUT2D eigenvalue weighted by molar-refractivity contribution is -0.113. The average molecular weight is 459 g/mol. The summed E-state index contributed by atoms with van der Waals surface area (Å²) in [5, 5.41) is 12.2. The Morgan fingerprint density at radius 2 is 1.96 bits per heavy atom. The van der Waals surface area contributed by atoms with Crippen molar-refractivity contribution in [2.24, 2.45) is 0 Å². The van der Waals surface area contributed by atoms with Crippen LogP contribution in [0.3, 0.4) is 0 Å². The lowest BCUT2D eigenvalue weighted by atomic mass is 10.1. The van der Waals surface area contributed by atoms with Crippen molar-refractivity contribution in [2.75, 3.05) is 11.1 Å². The van der Waals surface area contributed by atoms with E-state index in [9.17, 15) is 4.79 Å². The zero-order chi connectivity index (χ0) is 20.3. The molecule has 28 heavy (non-hydrogen) atoms. The van der Waals surface area contributed by atoms with E-state index in [0.717, 1.165) is 44.8 Å². The second kappa shape index (κ2) is 8.92. The van der Waals surface area contributed by atoms with Crippen molar-refractivity contribution in [3.8, 4) is 5.69 Å². The van der Waals surface area contributed by atoms with E-state index in [1.165, 1.54) is 11.8 Å². The van der Waals surface area contributed by atoms with E-state index in [2.05, 4.69) is 57.4 Å². The second-order valence-electron chi connectivity index (χ2n) is 6.65. The molecule has 1 heterocycles. The summed E-state index contributed by atoms with van der Waals surface area (Å²) in [5.41, 5.74) is 5.22. The molecule has 7 heteroatoms. The predicted molar refractivity (Wildman–Crippen MR) is 118 cm³/mol. The van der Waals surface area contributed by atoms with E-state index >= 15 is 0 Å². The third kappa shape index (κ3) is 4.64. The van der Waals surface area contributed by atoms with Crippen molar-refractivity contribution in [1.29, 1.82) is 0 Å². The number of hydrogen-bond acceptors (Lipinski definition) is 4. The molecular formula is C21H23BrN4OS. The third-order valence-electron chi connectivity index (χ3n) is 4.41. The summed E-state index contributed by atoms with van der Waals surface area (Å²) >= 11 is 4.90. The highest BCUT2D eigenvalue weighted by Crippen LogP contribution is 2.27. The lowest BCUT2D eigenvalue weighted by Crippen LogP contribution is -2.16. The summed E-state index contributed by atoms with van der Waals surface area (Å²) in [4.78, 5) is 12.6. The number of amides is 1. The van der Waals surface area contributed by atoms with Gasteiger partial charge >= 0.3 is 0 Å². The van der Waals surface area contributed by atoms with Crippen LogP contribution in [0.25, 0.3) is 5.69 Å². The number of aromatic nitrogens is 3. The molecule has 0 unspecified atom stereocenters. The average Bonchev–Trinajstić information content (AvgIpc) is 3.02. The minimum atomic E-state index is -0.0541. The topological polar surface area (TPSA) is 59.8 Å². The van der Waals surface area contributed by atoms with Gasteiger partial charge < -0.3 is 5.32 Å². The largest absolute Gasteiger partial charge is 0.325 e. The summed E-state index contributed by atoms with van der Waals surface area (Å²) in [6.07, 6.45) is 0.851. The van der Waals surface area contributed by atoms with Gasteiger partial charge in [0.15, 0.2) is 5.16 Å². The number of hydrogen-bond donors (Lipinski definition) is 1.